The Kier molecular flexibility index (Phi) is 12.6. The minimum atomic E-state index is -1.36. The maximum absolute atomic E-state index is 13.4. The van der Waals surface area contributed by atoms with Crippen LogP contribution in [0, 0.1) is 11.8 Å². The molecule has 11 atom stereocenters. The number of rotatable bonds is 14. The number of esters is 5. The first kappa shape index (κ1) is 39.5. The number of hydrogen-bond acceptors (Lipinski definition) is 16. The van der Waals surface area contributed by atoms with Gasteiger partial charge < -0.3 is 52.1 Å². The van der Waals surface area contributed by atoms with E-state index >= 15 is 0 Å². The molecule has 1 aromatic carbocycles. The molecule has 0 radical (unpaired) electrons. The Balaban J connectivity index is 1.44. The second kappa shape index (κ2) is 16.6. The van der Waals surface area contributed by atoms with Crippen molar-refractivity contribution in [1.82, 2.24) is 0 Å². The van der Waals surface area contributed by atoms with E-state index in [1.807, 2.05) is 13.8 Å². The molecule has 3 saturated heterocycles. The third-order valence-corrected chi connectivity index (χ3v) is 9.13. The molecule has 1 saturated carbocycles. The normalized spacial score (nSPS) is 33.4. The van der Waals surface area contributed by atoms with Crippen molar-refractivity contribution in [3.8, 4) is 5.75 Å². The topological polar surface area (TPSA) is 190 Å². The highest BCUT2D eigenvalue weighted by Crippen LogP contribution is 2.61. The zero-order chi connectivity index (χ0) is 37.9. The van der Waals surface area contributed by atoms with Crippen LogP contribution in [0.1, 0.15) is 72.2 Å². The Hall–Kier alpha value is -3.67. The minimum Gasteiger partial charge on any atom is -0.463 e. The molecule has 16 nitrogen and oxygen atoms in total. The van der Waals surface area contributed by atoms with Crippen LogP contribution < -0.4 is 4.74 Å². The third-order valence-electron chi connectivity index (χ3n) is 9.13. The molecule has 0 spiro atoms. The van der Waals surface area contributed by atoms with Crippen molar-refractivity contribution in [3.63, 3.8) is 0 Å². The Morgan fingerprint density at radius 1 is 0.788 bits per heavy atom. The minimum absolute atomic E-state index is 0.0263. The lowest BCUT2D eigenvalue weighted by Gasteiger charge is -2.47. The number of hydrogen-bond donors (Lipinski definition) is 0. The summed E-state index contributed by atoms with van der Waals surface area (Å²) in [4.78, 5) is 61.6. The molecule has 0 aromatic heterocycles. The molecule has 3 heterocycles. The summed E-state index contributed by atoms with van der Waals surface area (Å²) in [5, 5.41) is 0. The fourth-order valence-corrected chi connectivity index (χ4v) is 7.19. The van der Waals surface area contributed by atoms with E-state index in [0.717, 1.165) is 0 Å². The van der Waals surface area contributed by atoms with Gasteiger partial charge in [0.2, 0.25) is 6.29 Å². The van der Waals surface area contributed by atoms with Crippen LogP contribution in [0.3, 0.4) is 0 Å². The Morgan fingerprint density at radius 2 is 1.46 bits per heavy atom. The zero-order valence-corrected chi connectivity index (χ0v) is 30.6. The lowest BCUT2D eigenvalue weighted by molar-refractivity contribution is -0.362. The highest BCUT2D eigenvalue weighted by atomic mass is 16.8. The molecule has 4 aliphatic rings. The van der Waals surface area contributed by atoms with Crippen LogP contribution in [-0.2, 0) is 66.5 Å². The molecule has 288 valence electrons. The summed E-state index contributed by atoms with van der Waals surface area (Å²) >= 11 is 0. The molecular formula is C36H48O16. The molecule has 0 bridgehead atoms. The van der Waals surface area contributed by atoms with Gasteiger partial charge in [0.25, 0.3) is 0 Å². The predicted octanol–water partition coefficient (Wildman–Crippen LogP) is 2.65. The Labute approximate surface area is 301 Å². The van der Waals surface area contributed by atoms with Crippen molar-refractivity contribution in [2.45, 2.75) is 129 Å². The quantitative estimate of drug-likeness (QED) is 0.117. The fourth-order valence-electron chi connectivity index (χ4n) is 7.19. The average molecular weight is 737 g/mol. The van der Waals surface area contributed by atoms with Crippen molar-refractivity contribution in [3.05, 3.63) is 29.8 Å². The van der Waals surface area contributed by atoms with E-state index < -0.39 is 90.6 Å². The maximum Gasteiger partial charge on any atom is 0.338 e. The molecule has 4 fully saturated rings. The molecule has 5 rings (SSSR count). The van der Waals surface area contributed by atoms with E-state index in [1.165, 1.54) is 52.0 Å². The first-order valence-electron chi connectivity index (χ1n) is 17.4. The summed E-state index contributed by atoms with van der Waals surface area (Å²) in [5.74, 6) is -3.77. The average Bonchev–Trinajstić information content (AvgIpc) is 3.72. The molecule has 0 amide bonds. The summed E-state index contributed by atoms with van der Waals surface area (Å²) in [5.41, 5.74) is -0.926. The monoisotopic (exact) mass is 736 g/mol. The van der Waals surface area contributed by atoms with E-state index in [2.05, 4.69) is 0 Å². The summed E-state index contributed by atoms with van der Waals surface area (Å²) in [6.07, 6.45) is -8.18. The van der Waals surface area contributed by atoms with Crippen LogP contribution >= 0.6 is 0 Å². The molecular weight excluding hydrogens is 688 g/mol. The van der Waals surface area contributed by atoms with E-state index in [-0.39, 0.29) is 49.3 Å². The lowest BCUT2D eigenvalue weighted by atomic mass is 9.83. The molecule has 1 aliphatic carbocycles. The van der Waals surface area contributed by atoms with Crippen molar-refractivity contribution >= 4 is 29.8 Å². The van der Waals surface area contributed by atoms with Crippen LogP contribution in [0.5, 0.6) is 5.75 Å². The summed E-state index contributed by atoms with van der Waals surface area (Å²) in [7, 11) is 0. The number of ether oxygens (including phenoxy) is 11. The summed E-state index contributed by atoms with van der Waals surface area (Å²) in [6.45, 7) is 12.3. The van der Waals surface area contributed by atoms with E-state index in [1.54, 1.807) is 13.8 Å². The van der Waals surface area contributed by atoms with Gasteiger partial charge in [-0.1, -0.05) is 0 Å². The summed E-state index contributed by atoms with van der Waals surface area (Å²) < 4.78 is 65.4. The third kappa shape index (κ3) is 9.09. The van der Waals surface area contributed by atoms with Gasteiger partial charge >= 0.3 is 29.8 Å². The second-order valence-corrected chi connectivity index (χ2v) is 13.8. The number of benzene rings is 1. The molecule has 16 heteroatoms. The first-order chi connectivity index (χ1) is 24.6. The molecule has 0 unspecified atom stereocenters. The molecule has 1 aromatic rings. The van der Waals surface area contributed by atoms with Crippen molar-refractivity contribution in [2.75, 3.05) is 19.8 Å². The zero-order valence-electron chi connectivity index (χ0n) is 30.6. The number of epoxide rings is 1. The standard InChI is InChI=1S/C36H48O16/c1-17(2)43-15-26-29(45-18(3)4)30(47-21(7)39)31(48-22(8)40)35(49-26)51-34-27-25(13-14-42-34)28(32-36(27,52-32)16-44-19(5)37)50-33(41)23-9-11-24(12-10-23)46-20(6)38/h9-12,17-18,25-32,34-35H,13-16H2,1-8H3/t25-,26+,27-,28+,29+,30-,31+,32+,34+,35-,36+/m1/s1. The van der Waals surface area contributed by atoms with Gasteiger partial charge in [-0.05, 0) is 58.4 Å². The predicted molar refractivity (Wildman–Crippen MR) is 174 cm³/mol. The van der Waals surface area contributed by atoms with Crippen LogP contribution in [0.25, 0.3) is 0 Å². The van der Waals surface area contributed by atoms with Crippen LogP contribution in [0.4, 0.5) is 0 Å². The van der Waals surface area contributed by atoms with Crippen LogP contribution in [0.15, 0.2) is 24.3 Å². The lowest BCUT2D eigenvalue weighted by Crippen LogP contribution is -2.64. The van der Waals surface area contributed by atoms with Gasteiger partial charge in [-0.2, -0.15) is 0 Å². The SMILES string of the molecule is CC(=O)OC[C@@]12O[C@H]1[C@@H](OC(=O)c1ccc(OC(C)=O)cc1)[C@@H]1CCO[C@@H](O[C@H]3O[C@@H](COC(C)C)[C@H](OC(C)C)[C@@H](OC(C)=O)[C@@H]3OC(C)=O)[C@@H]12. The molecule has 52 heavy (non-hydrogen) atoms. The van der Waals surface area contributed by atoms with Crippen molar-refractivity contribution < 1.29 is 76.1 Å². The van der Waals surface area contributed by atoms with E-state index in [4.69, 9.17) is 52.1 Å². The summed E-state index contributed by atoms with van der Waals surface area (Å²) in [6, 6.07) is 5.92. The van der Waals surface area contributed by atoms with Gasteiger partial charge in [0.05, 0.1) is 36.9 Å². The van der Waals surface area contributed by atoms with Gasteiger partial charge in [-0.3, -0.25) is 19.2 Å². The highest BCUT2D eigenvalue weighted by Gasteiger charge is 2.78. The van der Waals surface area contributed by atoms with Gasteiger partial charge in [0, 0.05) is 33.6 Å². The van der Waals surface area contributed by atoms with E-state index in [9.17, 15) is 24.0 Å². The van der Waals surface area contributed by atoms with Crippen LogP contribution in [-0.4, -0.2) is 117 Å². The number of carbonyl (C=O) groups excluding carboxylic acids is 5. The largest absolute Gasteiger partial charge is 0.463 e. The number of fused-ring (bicyclic) bond motifs is 3. The van der Waals surface area contributed by atoms with Crippen LogP contribution in [0.2, 0.25) is 0 Å². The number of carbonyl (C=O) groups is 5. The maximum atomic E-state index is 13.4. The Bertz CT molecular complexity index is 1460. The van der Waals surface area contributed by atoms with E-state index in [0.29, 0.717) is 6.42 Å². The Morgan fingerprint density at radius 3 is 2.06 bits per heavy atom. The molecule has 0 N–H and O–H groups in total. The van der Waals surface area contributed by atoms with Crippen molar-refractivity contribution in [1.29, 1.82) is 0 Å². The smallest absolute Gasteiger partial charge is 0.338 e. The first-order valence-corrected chi connectivity index (χ1v) is 17.4. The van der Waals surface area contributed by atoms with Gasteiger partial charge in [-0.25, -0.2) is 4.79 Å². The molecule has 3 aliphatic heterocycles. The van der Waals surface area contributed by atoms with Gasteiger partial charge in [0.15, 0.2) is 18.5 Å². The fraction of sp³-hybridized carbons (Fsp3) is 0.694. The van der Waals surface area contributed by atoms with Gasteiger partial charge in [-0.15, -0.1) is 0 Å². The van der Waals surface area contributed by atoms with Gasteiger partial charge in [0.1, 0.15) is 42.4 Å². The second-order valence-electron chi connectivity index (χ2n) is 13.8. The highest BCUT2D eigenvalue weighted by molar-refractivity contribution is 5.89. The van der Waals surface area contributed by atoms with Crippen molar-refractivity contribution in [2.24, 2.45) is 11.8 Å².